The fraction of sp³-hybridized carbons (Fsp3) is 0.455. The molecule has 0 aliphatic rings. The predicted molar refractivity (Wildman–Crippen MR) is 176 cm³/mol. The van der Waals surface area contributed by atoms with E-state index in [0.717, 1.165) is 31.9 Å². The minimum Gasteiger partial charge on any atom is -0.486 e. The van der Waals surface area contributed by atoms with Gasteiger partial charge in [-0.15, -0.1) is 0 Å². The van der Waals surface area contributed by atoms with E-state index in [1.165, 1.54) is 0 Å². The molecule has 0 atom stereocenters. The van der Waals surface area contributed by atoms with Crippen molar-refractivity contribution in [1.82, 2.24) is 0 Å². The number of para-hydroxylation sites is 3. The molecule has 0 amide bonds. The summed E-state index contributed by atoms with van der Waals surface area (Å²) in [5, 5.41) is 0. The molecule has 268 valence electrons. The topological polar surface area (TPSA) is 83.1 Å². The molecule has 9 nitrogen and oxygen atoms in total. The van der Waals surface area contributed by atoms with Gasteiger partial charge in [-0.05, 0) is 36.4 Å². The first-order valence-electron chi connectivity index (χ1n) is 15.3. The summed E-state index contributed by atoms with van der Waals surface area (Å²) < 4.78 is 90.0. The lowest BCUT2D eigenvalue weighted by Gasteiger charge is -2.17. The summed E-state index contributed by atoms with van der Waals surface area (Å²) >= 11 is 0. The molecule has 0 fully saturated rings. The molecule has 0 heterocycles. The Bertz CT molecular complexity index is 1110. The van der Waals surface area contributed by atoms with E-state index in [2.05, 4.69) is 18.2 Å². The SMILES string of the molecule is COCCOCCOc1ccccc1[S+](c1ccccc1OCCOCCOC)c1ccccc1OCCOCCOC.F[B-](F)(F)F. The van der Waals surface area contributed by atoms with Crippen LogP contribution < -0.4 is 14.2 Å². The number of ether oxygens (including phenoxy) is 9. The first-order chi connectivity index (χ1) is 23.3. The first kappa shape index (κ1) is 41.1. The molecule has 0 aliphatic heterocycles. The van der Waals surface area contributed by atoms with Crippen LogP contribution in [0.3, 0.4) is 0 Å². The van der Waals surface area contributed by atoms with Crippen LogP contribution >= 0.6 is 0 Å². The van der Waals surface area contributed by atoms with Gasteiger partial charge in [0.1, 0.15) is 30.7 Å². The van der Waals surface area contributed by atoms with Gasteiger partial charge in [-0.2, -0.15) is 0 Å². The van der Waals surface area contributed by atoms with Gasteiger partial charge >= 0.3 is 7.25 Å². The van der Waals surface area contributed by atoms with E-state index >= 15 is 0 Å². The van der Waals surface area contributed by atoms with Crippen molar-refractivity contribution in [3.05, 3.63) is 72.8 Å². The molecule has 0 radical (unpaired) electrons. The van der Waals surface area contributed by atoms with Gasteiger partial charge in [-0.1, -0.05) is 36.4 Å². The van der Waals surface area contributed by atoms with Crippen molar-refractivity contribution in [3.63, 3.8) is 0 Å². The Morgan fingerprint density at radius 3 is 0.938 bits per heavy atom. The second-order valence-electron chi connectivity index (χ2n) is 9.50. The molecule has 3 aromatic rings. The average molecular weight is 705 g/mol. The van der Waals surface area contributed by atoms with Gasteiger partial charge in [0.15, 0.2) is 17.2 Å². The normalized spacial score (nSPS) is 11.2. The molecule has 3 rings (SSSR count). The van der Waals surface area contributed by atoms with E-state index in [1.54, 1.807) is 21.3 Å². The highest BCUT2D eigenvalue weighted by Gasteiger charge is 2.37. The molecule has 0 N–H and O–H groups in total. The van der Waals surface area contributed by atoms with Crippen LogP contribution in [-0.4, -0.2) is 108 Å². The Hall–Kier alpha value is -3.05. The fourth-order valence-electron chi connectivity index (χ4n) is 3.93. The van der Waals surface area contributed by atoms with E-state index in [-0.39, 0.29) is 0 Å². The molecule has 0 aromatic heterocycles. The first-order valence-corrected chi connectivity index (χ1v) is 16.5. The molecule has 15 heteroatoms. The molecule has 0 unspecified atom stereocenters. The highest BCUT2D eigenvalue weighted by Crippen LogP contribution is 2.43. The lowest BCUT2D eigenvalue weighted by Crippen LogP contribution is -2.15. The summed E-state index contributed by atoms with van der Waals surface area (Å²) in [6.07, 6.45) is 0. The van der Waals surface area contributed by atoms with Crippen molar-refractivity contribution in [2.75, 3.05) is 101 Å². The molecule has 0 saturated heterocycles. The van der Waals surface area contributed by atoms with E-state index in [1.807, 2.05) is 54.6 Å². The minimum absolute atomic E-state index is 0.409. The van der Waals surface area contributed by atoms with Gasteiger partial charge < -0.3 is 59.9 Å². The van der Waals surface area contributed by atoms with Gasteiger partial charge in [-0.3, -0.25) is 0 Å². The van der Waals surface area contributed by atoms with Gasteiger partial charge in [0.05, 0.1) is 59.5 Å². The summed E-state index contributed by atoms with van der Waals surface area (Å²) in [6, 6.07) is 24.3. The zero-order valence-corrected chi connectivity index (χ0v) is 28.4. The lowest BCUT2D eigenvalue weighted by atomic mass is 10.3. The average Bonchev–Trinajstić information content (AvgIpc) is 3.07. The van der Waals surface area contributed by atoms with Crippen molar-refractivity contribution in [2.24, 2.45) is 0 Å². The third-order valence-corrected chi connectivity index (χ3v) is 8.29. The van der Waals surface area contributed by atoms with Crippen LogP contribution in [0.15, 0.2) is 87.5 Å². The van der Waals surface area contributed by atoms with Gasteiger partial charge in [0, 0.05) is 21.3 Å². The minimum atomic E-state index is -6.00. The number of halogens is 4. The van der Waals surface area contributed by atoms with Crippen LogP contribution in [0.1, 0.15) is 0 Å². The summed E-state index contributed by atoms with van der Waals surface area (Å²) in [6.45, 7) is 5.78. The Balaban J connectivity index is 0.00000149. The number of rotatable bonds is 24. The van der Waals surface area contributed by atoms with Crippen molar-refractivity contribution in [1.29, 1.82) is 0 Å². The van der Waals surface area contributed by atoms with Crippen LogP contribution in [0, 0.1) is 0 Å². The van der Waals surface area contributed by atoms with Crippen molar-refractivity contribution < 1.29 is 59.9 Å². The largest absolute Gasteiger partial charge is 0.673 e. The van der Waals surface area contributed by atoms with Crippen LogP contribution in [0.2, 0.25) is 0 Å². The molecule has 48 heavy (non-hydrogen) atoms. The third kappa shape index (κ3) is 17.4. The Morgan fingerprint density at radius 2 is 0.667 bits per heavy atom. The van der Waals surface area contributed by atoms with Crippen molar-refractivity contribution >= 4 is 18.1 Å². The second-order valence-corrected chi connectivity index (χ2v) is 11.4. The number of methoxy groups -OCH3 is 3. The molecular formula is C33H45BF4O9S. The zero-order chi connectivity index (χ0) is 34.9. The maximum Gasteiger partial charge on any atom is 0.673 e. The monoisotopic (exact) mass is 704 g/mol. The standard InChI is InChI=1S/C33H45O9S.BF4/c1-34-16-19-37-22-25-40-28-10-4-7-13-31(28)43(32-14-8-5-11-29(32)41-26-23-38-20-17-35-2)33-15-9-6-12-30(33)42-27-24-39-21-18-36-3;2-1(3,4)5/h4-15H,16-27H2,1-3H3;/q+1;-1. The second kappa shape index (κ2) is 25.0. The number of hydrogen-bond donors (Lipinski definition) is 0. The predicted octanol–water partition coefficient (Wildman–Crippen LogP) is 6.21. The van der Waals surface area contributed by atoms with Gasteiger partial charge in [0.25, 0.3) is 0 Å². The Labute approximate surface area is 283 Å². The highest BCUT2D eigenvalue weighted by molar-refractivity contribution is 7.97. The maximum absolute atomic E-state index is 9.75. The van der Waals surface area contributed by atoms with E-state index in [4.69, 9.17) is 42.6 Å². The van der Waals surface area contributed by atoms with Gasteiger partial charge in [0.2, 0.25) is 14.7 Å². The molecular weight excluding hydrogens is 659 g/mol. The van der Waals surface area contributed by atoms with E-state index < -0.39 is 18.1 Å². The lowest BCUT2D eigenvalue weighted by molar-refractivity contribution is 0.0537. The summed E-state index contributed by atoms with van der Waals surface area (Å²) in [7, 11) is -1.67. The zero-order valence-electron chi connectivity index (χ0n) is 27.6. The summed E-state index contributed by atoms with van der Waals surface area (Å²) in [5.74, 6) is 2.32. The van der Waals surface area contributed by atoms with E-state index in [0.29, 0.717) is 79.3 Å². The van der Waals surface area contributed by atoms with Crippen LogP contribution in [-0.2, 0) is 39.3 Å². The van der Waals surface area contributed by atoms with Crippen LogP contribution in [0.5, 0.6) is 17.2 Å². The molecule has 0 bridgehead atoms. The summed E-state index contributed by atoms with van der Waals surface area (Å²) in [5.41, 5.74) is 0. The molecule has 0 aliphatic carbocycles. The maximum atomic E-state index is 9.75. The smallest absolute Gasteiger partial charge is 0.486 e. The third-order valence-electron chi connectivity index (χ3n) is 5.96. The Kier molecular flexibility index (Phi) is 21.4. The molecule has 3 aromatic carbocycles. The number of benzene rings is 3. The number of hydrogen-bond acceptors (Lipinski definition) is 9. The van der Waals surface area contributed by atoms with Crippen molar-refractivity contribution in [3.8, 4) is 17.2 Å². The van der Waals surface area contributed by atoms with Crippen molar-refractivity contribution in [2.45, 2.75) is 14.7 Å². The van der Waals surface area contributed by atoms with Gasteiger partial charge in [-0.25, -0.2) is 0 Å². The highest BCUT2D eigenvalue weighted by atomic mass is 32.2. The van der Waals surface area contributed by atoms with Crippen LogP contribution in [0.4, 0.5) is 17.3 Å². The summed E-state index contributed by atoms with van der Waals surface area (Å²) in [4.78, 5) is 3.04. The fourth-order valence-corrected chi connectivity index (χ4v) is 6.27. The van der Waals surface area contributed by atoms with E-state index in [9.17, 15) is 17.3 Å². The quantitative estimate of drug-likeness (QED) is 0.0468. The molecule has 0 saturated carbocycles. The van der Waals surface area contributed by atoms with Crippen LogP contribution in [0.25, 0.3) is 0 Å². The molecule has 0 spiro atoms. The Morgan fingerprint density at radius 1 is 0.417 bits per heavy atom.